The van der Waals surface area contributed by atoms with E-state index in [0.29, 0.717) is 12.8 Å². The van der Waals surface area contributed by atoms with Crippen molar-refractivity contribution in [3.8, 4) is 0 Å². The second-order valence-electron chi connectivity index (χ2n) is 10.9. The molecule has 0 unspecified atom stereocenters. The van der Waals surface area contributed by atoms with E-state index in [2.05, 4.69) is 6.92 Å². The second kappa shape index (κ2) is 6.12. The second-order valence-corrected chi connectivity index (χ2v) is 10.9. The zero-order valence-electron chi connectivity index (χ0n) is 19.2. The molecule has 0 aromatic heterocycles. The van der Waals surface area contributed by atoms with Crippen LogP contribution in [-0.2, 0) is 19.1 Å². The Labute approximate surface area is 178 Å². The molecule has 6 heteroatoms. The smallest absolute Gasteiger partial charge is 0.393 e. The summed E-state index contributed by atoms with van der Waals surface area (Å²) in [6.07, 6.45) is 7.04. The molecule has 0 radical (unpaired) electrons. The summed E-state index contributed by atoms with van der Waals surface area (Å²) in [5.74, 6) is -0.947. The van der Waals surface area contributed by atoms with Crippen LogP contribution >= 0.6 is 0 Å². The van der Waals surface area contributed by atoms with Gasteiger partial charge in [0.2, 0.25) is 0 Å². The summed E-state index contributed by atoms with van der Waals surface area (Å²) in [5.41, 5.74) is -1.12. The van der Waals surface area contributed by atoms with Crippen LogP contribution in [0.25, 0.3) is 0 Å². The van der Waals surface area contributed by atoms with Crippen LogP contribution in [0.1, 0.15) is 54.8 Å². The van der Waals surface area contributed by atoms with Crippen molar-refractivity contribution < 1.29 is 30.7 Å². The summed E-state index contributed by atoms with van der Waals surface area (Å²) in [6, 6.07) is 0. The number of hydrogen-bond acceptors (Lipinski definition) is 6. The largest absolute Gasteiger partial charge is 1.00 e. The van der Waals surface area contributed by atoms with E-state index in [0.717, 1.165) is 18.4 Å². The molecule has 1 aliphatic heterocycles. The van der Waals surface area contributed by atoms with Gasteiger partial charge < -0.3 is 19.7 Å². The van der Waals surface area contributed by atoms with Gasteiger partial charge in [0.1, 0.15) is 6.61 Å². The number of aliphatic hydroxyl groups excluding tert-OH is 2. The molecule has 30 heavy (non-hydrogen) atoms. The third kappa shape index (κ3) is 2.34. The van der Waals surface area contributed by atoms with E-state index in [1.807, 2.05) is 13.0 Å². The first-order valence-electron chi connectivity index (χ1n) is 11.1. The third-order valence-electron chi connectivity index (χ3n) is 9.05. The van der Waals surface area contributed by atoms with E-state index >= 15 is 0 Å². The molecule has 5 aliphatic rings. The van der Waals surface area contributed by atoms with Crippen LogP contribution in [0, 0.1) is 28.6 Å². The highest BCUT2D eigenvalue weighted by atomic mass is 16.8. The number of carbonyl (C=O) groups is 2. The van der Waals surface area contributed by atoms with Gasteiger partial charge in [0.15, 0.2) is 23.0 Å². The van der Waals surface area contributed by atoms with Crippen molar-refractivity contribution in [3.05, 3.63) is 23.8 Å². The monoisotopic (exact) mass is 417 g/mol. The summed E-state index contributed by atoms with van der Waals surface area (Å²) in [6.45, 7) is 7.19. The molecule has 0 aromatic carbocycles. The maximum atomic E-state index is 13.2. The van der Waals surface area contributed by atoms with Crippen LogP contribution in [0.15, 0.2) is 23.8 Å². The summed E-state index contributed by atoms with van der Waals surface area (Å²) < 4.78 is 12.6. The van der Waals surface area contributed by atoms with Gasteiger partial charge in [0.25, 0.3) is 0 Å². The number of fused-ring (bicyclic) bond motifs is 7. The molecule has 3 saturated carbocycles. The van der Waals surface area contributed by atoms with Crippen LogP contribution < -0.4 is 0 Å². The number of aliphatic hydroxyl groups is 2. The van der Waals surface area contributed by atoms with Gasteiger partial charge in [-0.05, 0) is 63.5 Å². The van der Waals surface area contributed by atoms with Gasteiger partial charge in [-0.3, -0.25) is 9.59 Å². The van der Waals surface area contributed by atoms with Crippen molar-refractivity contribution in [2.24, 2.45) is 28.6 Å². The number of carbonyl (C=O) groups excluding carboxylic acids is 2. The summed E-state index contributed by atoms with van der Waals surface area (Å²) in [4.78, 5) is 25.1. The number of ether oxygens (including phenoxy) is 2. The minimum atomic E-state index is -1.24. The van der Waals surface area contributed by atoms with Crippen LogP contribution in [0.3, 0.4) is 0 Å². The van der Waals surface area contributed by atoms with Gasteiger partial charge >= 0.3 is 1.43 Å². The molecule has 0 bridgehead atoms. The molecular weight excluding hydrogens is 384 g/mol. The first kappa shape index (κ1) is 20.6. The van der Waals surface area contributed by atoms with Crippen LogP contribution in [0.4, 0.5) is 0 Å². The fourth-order valence-electron chi connectivity index (χ4n) is 8.04. The van der Waals surface area contributed by atoms with Gasteiger partial charge in [0.05, 0.1) is 12.2 Å². The molecular formula is C24H33O6+. The molecule has 0 amide bonds. The van der Waals surface area contributed by atoms with E-state index in [9.17, 15) is 19.8 Å². The third-order valence-corrected chi connectivity index (χ3v) is 9.05. The highest BCUT2D eigenvalue weighted by molar-refractivity contribution is 6.01. The molecule has 1 saturated heterocycles. The van der Waals surface area contributed by atoms with Crippen LogP contribution in [-0.4, -0.2) is 52.0 Å². The van der Waals surface area contributed by atoms with Crippen molar-refractivity contribution in [1.29, 1.82) is 0 Å². The Morgan fingerprint density at radius 3 is 2.73 bits per heavy atom. The summed E-state index contributed by atoms with van der Waals surface area (Å²) in [7, 11) is 0. The lowest BCUT2D eigenvalue weighted by molar-refractivity contribution is -0.225. The van der Waals surface area contributed by atoms with Gasteiger partial charge in [-0.25, -0.2) is 0 Å². The Balaban J connectivity index is 0.00000231. The van der Waals surface area contributed by atoms with Crippen molar-refractivity contribution in [3.63, 3.8) is 0 Å². The molecule has 0 aromatic rings. The normalized spacial score (nSPS) is 50.9. The van der Waals surface area contributed by atoms with Gasteiger partial charge in [0, 0.05) is 16.7 Å². The zero-order chi connectivity index (χ0) is 21.7. The van der Waals surface area contributed by atoms with E-state index in [4.69, 9.17) is 9.47 Å². The fraction of sp³-hybridized carbons (Fsp3) is 0.750. The molecule has 164 valence electrons. The van der Waals surface area contributed by atoms with E-state index in [1.165, 1.54) is 0 Å². The standard InChI is InChI=1S/C24H32O6/c1-21(2)29-19-10-16-15-6-5-13-9-14(26)7-8-22(13,3)20(15)17(27)11-23(16,4)24(19,30-21)18(28)12-25/h7-9,15-17,19-20,25,27H,5-6,10-12H2,1-4H3/p+1/t15-,16-,17-,19+,20+,22-,23-,24+/m0/s1. The number of Topliss-reactive ketones (excluding diaryl/α,β-unsaturated/α-hetero) is 1. The Bertz CT molecular complexity index is 879. The summed E-state index contributed by atoms with van der Waals surface area (Å²) in [5, 5.41) is 21.3. The number of ketones is 2. The molecule has 6 nitrogen and oxygen atoms in total. The zero-order valence-corrected chi connectivity index (χ0v) is 18.2. The molecule has 1 heterocycles. The van der Waals surface area contributed by atoms with Crippen molar-refractivity contribution in [1.82, 2.24) is 0 Å². The number of rotatable bonds is 2. The average molecular weight is 418 g/mol. The van der Waals surface area contributed by atoms with Crippen LogP contribution in [0.2, 0.25) is 0 Å². The number of hydrogen-bond donors (Lipinski definition) is 2. The Morgan fingerprint density at radius 2 is 2.03 bits per heavy atom. The average Bonchev–Trinajstić information content (AvgIpc) is 3.07. The molecule has 4 fully saturated rings. The van der Waals surface area contributed by atoms with E-state index in [1.54, 1.807) is 26.0 Å². The maximum absolute atomic E-state index is 13.2. The van der Waals surface area contributed by atoms with Crippen LogP contribution in [0.5, 0.6) is 0 Å². The number of allylic oxidation sites excluding steroid dienone is 4. The Hall–Kier alpha value is -1.34. The molecule has 8 atom stereocenters. The highest BCUT2D eigenvalue weighted by Crippen LogP contribution is 2.70. The fourth-order valence-corrected chi connectivity index (χ4v) is 8.04. The highest BCUT2D eigenvalue weighted by Gasteiger charge is 2.76. The minimum absolute atomic E-state index is 0. The summed E-state index contributed by atoms with van der Waals surface area (Å²) >= 11 is 0. The quantitative estimate of drug-likeness (QED) is 0.717. The van der Waals surface area contributed by atoms with Gasteiger partial charge in [-0.1, -0.05) is 25.5 Å². The van der Waals surface area contributed by atoms with E-state index < -0.39 is 35.6 Å². The van der Waals surface area contributed by atoms with Crippen molar-refractivity contribution in [2.45, 2.75) is 77.0 Å². The van der Waals surface area contributed by atoms with Gasteiger partial charge in [-0.2, -0.15) is 0 Å². The predicted molar refractivity (Wildman–Crippen MR) is 109 cm³/mol. The first-order valence-corrected chi connectivity index (χ1v) is 11.1. The molecule has 2 N–H and O–H groups in total. The SMILES string of the molecule is CC1(C)O[C@@H]2C[C@H]3[C@@H]4CCC5=CC(=O)C=C[C@]5(C)[C@H]4[C@@H](O)C[C@]3(C)[C@]2(C(=O)CO)O1.[H+]. The first-order chi connectivity index (χ1) is 14.0. The topological polar surface area (TPSA) is 93.1 Å². The molecule has 4 aliphatic carbocycles. The minimum Gasteiger partial charge on any atom is -0.393 e. The molecule has 0 spiro atoms. The van der Waals surface area contributed by atoms with E-state index in [-0.39, 0.29) is 36.2 Å². The Morgan fingerprint density at radius 1 is 1.30 bits per heavy atom. The lowest BCUT2D eigenvalue weighted by Gasteiger charge is -2.59. The lowest BCUT2D eigenvalue weighted by Crippen LogP contribution is -2.63. The Kier molecular flexibility index (Phi) is 4.20. The van der Waals surface area contributed by atoms with Crippen molar-refractivity contribution in [2.75, 3.05) is 6.61 Å². The molecule has 5 rings (SSSR count). The maximum Gasteiger partial charge on any atom is 1.00 e. The lowest BCUT2D eigenvalue weighted by atomic mass is 9.46. The van der Waals surface area contributed by atoms with Crippen molar-refractivity contribution >= 4 is 11.6 Å². The predicted octanol–water partition coefficient (Wildman–Crippen LogP) is 2.44. The van der Waals surface area contributed by atoms with Gasteiger partial charge in [-0.15, -0.1) is 0 Å².